The van der Waals surface area contributed by atoms with Gasteiger partial charge in [-0.15, -0.1) is 22.7 Å². The number of fused-ring (bicyclic) bond motifs is 9. The number of nitrogens with zero attached hydrogens (tertiary/aromatic N) is 2. The van der Waals surface area contributed by atoms with Crippen LogP contribution in [0.5, 0.6) is 0 Å². The SMILES string of the molecule is c1cc(-c2ccc3sc4ncc(-c5cc6ccccc6c6ccccc56)nc4c3c2)cc(-c2cccc3c2sc2ccccc23)c1. The molecular formula is C42H24N2S2. The highest BCUT2D eigenvalue weighted by atomic mass is 32.1. The van der Waals surface area contributed by atoms with E-state index in [0.29, 0.717) is 0 Å². The first-order valence-corrected chi connectivity index (χ1v) is 17.0. The molecule has 0 atom stereocenters. The van der Waals surface area contributed by atoms with Crippen molar-refractivity contribution in [2.75, 3.05) is 0 Å². The maximum Gasteiger partial charge on any atom is 0.143 e. The molecule has 0 saturated carbocycles. The van der Waals surface area contributed by atoms with Gasteiger partial charge in [0, 0.05) is 35.8 Å². The summed E-state index contributed by atoms with van der Waals surface area (Å²) in [7, 11) is 0. The van der Waals surface area contributed by atoms with E-state index in [9.17, 15) is 0 Å². The lowest BCUT2D eigenvalue weighted by molar-refractivity contribution is 1.33. The quantitative estimate of drug-likeness (QED) is 0.184. The van der Waals surface area contributed by atoms with Crippen molar-refractivity contribution in [1.29, 1.82) is 0 Å². The van der Waals surface area contributed by atoms with E-state index in [1.54, 1.807) is 11.3 Å². The Morgan fingerprint density at radius 3 is 2.09 bits per heavy atom. The highest BCUT2D eigenvalue weighted by molar-refractivity contribution is 7.26. The van der Waals surface area contributed by atoms with Gasteiger partial charge in [0.15, 0.2) is 0 Å². The van der Waals surface area contributed by atoms with Crippen LogP contribution in [0, 0.1) is 0 Å². The lowest BCUT2D eigenvalue weighted by atomic mass is 9.96. The van der Waals surface area contributed by atoms with Crippen LogP contribution in [0.15, 0.2) is 146 Å². The largest absolute Gasteiger partial charge is 0.243 e. The van der Waals surface area contributed by atoms with Gasteiger partial charge >= 0.3 is 0 Å². The Labute approximate surface area is 272 Å². The molecule has 7 aromatic carbocycles. The summed E-state index contributed by atoms with van der Waals surface area (Å²) in [5, 5.41) is 8.69. The highest BCUT2D eigenvalue weighted by Crippen LogP contribution is 2.42. The molecule has 0 bridgehead atoms. The lowest BCUT2D eigenvalue weighted by Gasteiger charge is -2.10. The van der Waals surface area contributed by atoms with Gasteiger partial charge in [-0.3, -0.25) is 0 Å². The average molecular weight is 621 g/mol. The van der Waals surface area contributed by atoms with Crippen molar-refractivity contribution in [2.45, 2.75) is 0 Å². The second-order valence-corrected chi connectivity index (χ2v) is 13.9. The van der Waals surface area contributed by atoms with Gasteiger partial charge in [0.05, 0.1) is 11.9 Å². The van der Waals surface area contributed by atoms with Gasteiger partial charge in [-0.1, -0.05) is 109 Å². The van der Waals surface area contributed by atoms with E-state index < -0.39 is 0 Å². The molecule has 0 aliphatic heterocycles. The van der Waals surface area contributed by atoms with Gasteiger partial charge in [-0.05, 0) is 74.1 Å². The number of aromatic nitrogens is 2. The van der Waals surface area contributed by atoms with Crippen LogP contribution in [-0.2, 0) is 0 Å². The summed E-state index contributed by atoms with van der Waals surface area (Å²) < 4.78 is 3.86. The Hall–Kier alpha value is -5.42. The highest BCUT2D eigenvalue weighted by Gasteiger charge is 2.15. The van der Waals surface area contributed by atoms with Gasteiger partial charge in [-0.25, -0.2) is 9.97 Å². The Bertz CT molecular complexity index is 2820. The number of hydrogen-bond acceptors (Lipinski definition) is 4. The minimum absolute atomic E-state index is 0.901. The van der Waals surface area contributed by atoms with E-state index in [0.717, 1.165) is 27.0 Å². The molecule has 0 N–H and O–H groups in total. The number of rotatable bonds is 3. The van der Waals surface area contributed by atoms with Crippen LogP contribution in [-0.4, -0.2) is 9.97 Å². The van der Waals surface area contributed by atoms with Crippen molar-refractivity contribution >= 4 is 84.8 Å². The molecule has 0 saturated heterocycles. The maximum absolute atomic E-state index is 5.29. The second-order valence-electron chi connectivity index (χ2n) is 11.8. The molecule has 0 unspecified atom stereocenters. The monoisotopic (exact) mass is 620 g/mol. The van der Waals surface area contributed by atoms with Crippen LogP contribution in [0.4, 0.5) is 0 Å². The van der Waals surface area contributed by atoms with Gasteiger partial charge in [-0.2, -0.15) is 0 Å². The molecule has 0 fully saturated rings. The molecule has 3 aromatic heterocycles. The van der Waals surface area contributed by atoms with Crippen LogP contribution in [0.25, 0.3) is 95.7 Å². The zero-order valence-corrected chi connectivity index (χ0v) is 26.2. The smallest absolute Gasteiger partial charge is 0.143 e. The molecule has 10 rings (SSSR count). The summed E-state index contributed by atoms with van der Waals surface area (Å²) in [5.41, 5.74) is 7.86. The molecule has 2 nitrogen and oxygen atoms in total. The molecular weight excluding hydrogens is 597 g/mol. The molecule has 0 radical (unpaired) electrons. The topological polar surface area (TPSA) is 25.8 Å². The standard InChI is InChI=1S/C42H24N2S2/c1-2-12-29-28(9-1)23-35(32-14-4-3-13-31(29)32)37-24-43-42-40(44-37)36-22-26(19-20-39(36)46-42)25-10-7-11-27(21-25)30-16-8-17-34-33-15-5-6-18-38(33)45-41(30)34/h1-24H. The van der Waals surface area contributed by atoms with E-state index in [4.69, 9.17) is 9.97 Å². The van der Waals surface area contributed by atoms with Gasteiger partial charge in [0.25, 0.3) is 0 Å². The van der Waals surface area contributed by atoms with Gasteiger partial charge in [0.1, 0.15) is 10.3 Å². The number of benzene rings is 7. The minimum Gasteiger partial charge on any atom is -0.243 e. The predicted octanol–water partition coefficient (Wildman–Crippen LogP) is 12.5. The first-order valence-electron chi connectivity index (χ1n) is 15.4. The van der Waals surface area contributed by atoms with E-state index >= 15 is 0 Å². The number of thiophene rings is 2. The van der Waals surface area contributed by atoms with Gasteiger partial charge in [0.2, 0.25) is 0 Å². The summed E-state index contributed by atoms with van der Waals surface area (Å²) >= 11 is 3.58. The van der Waals surface area contributed by atoms with Crippen LogP contribution in [0.1, 0.15) is 0 Å². The first kappa shape index (κ1) is 25.9. The van der Waals surface area contributed by atoms with Crippen molar-refractivity contribution in [3.63, 3.8) is 0 Å². The fourth-order valence-corrected chi connectivity index (χ4v) is 9.16. The van der Waals surface area contributed by atoms with Crippen molar-refractivity contribution in [3.05, 3.63) is 146 Å². The maximum atomic E-state index is 5.29. The summed E-state index contributed by atoms with van der Waals surface area (Å²) in [6.45, 7) is 0. The number of hydrogen-bond donors (Lipinski definition) is 0. The van der Waals surface area contributed by atoms with Crippen molar-refractivity contribution < 1.29 is 0 Å². The zero-order valence-electron chi connectivity index (χ0n) is 24.6. The Balaban J connectivity index is 1.12. The van der Waals surface area contributed by atoms with Crippen LogP contribution in [0.2, 0.25) is 0 Å². The van der Waals surface area contributed by atoms with E-state index in [1.807, 2.05) is 17.5 Å². The second kappa shape index (κ2) is 10.0. The predicted molar refractivity (Wildman–Crippen MR) is 199 cm³/mol. The molecule has 0 spiro atoms. The molecule has 214 valence electrons. The lowest BCUT2D eigenvalue weighted by Crippen LogP contribution is -1.89. The molecule has 0 aliphatic carbocycles. The summed E-state index contributed by atoms with van der Waals surface area (Å²) in [6, 6.07) is 50.5. The fraction of sp³-hybridized carbons (Fsp3) is 0. The van der Waals surface area contributed by atoms with E-state index in [1.165, 1.54) is 68.7 Å². The molecule has 0 amide bonds. The third-order valence-electron chi connectivity index (χ3n) is 9.14. The van der Waals surface area contributed by atoms with Crippen LogP contribution < -0.4 is 0 Å². The van der Waals surface area contributed by atoms with E-state index in [-0.39, 0.29) is 0 Å². The summed E-state index contributed by atoms with van der Waals surface area (Å²) in [5.74, 6) is 0. The van der Waals surface area contributed by atoms with Crippen molar-refractivity contribution in [2.24, 2.45) is 0 Å². The van der Waals surface area contributed by atoms with E-state index in [2.05, 4.69) is 140 Å². The summed E-state index contributed by atoms with van der Waals surface area (Å²) in [4.78, 5) is 11.2. The zero-order chi connectivity index (χ0) is 30.2. The molecule has 0 aliphatic rings. The fourth-order valence-electron chi connectivity index (χ4n) is 6.95. The van der Waals surface area contributed by atoms with Crippen molar-refractivity contribution in [3.8, 4) is 33.5 Å². The molecule has 3 heterocycles. The average Bonchev–Trinajstić information content (AvgIpc) is 3.69. The van der Waals surface area contributed by atoms with Gasteiger partial charge < -0.3 is 0 Å². The molecule has 46 heavy (non-hydrogen) atoms. The Morgan fingerprint density at radius 2 is 1.15 bits per heavy atom. The van der Waals surface area contributed by atoms with Crippen molar-refractivity contribution in [1.82, 2.24) is 9.97 Å². The Kier molecular flexibility index (Phi) is 5.65. The normalized spacial score (nSPS) is 11.9. The summed E-state index contributed by atoms with van der Waals surface area (Å²) in [6.07, 6.45) is 1.94. The first-order chi connectivity index (χ1) is 22.8. The van der Waals surface area contributed by atoms with Crippen LogP contribution >= 0.6 is 22.7 Å². The third-order valence-corrected chi connectivity index (χ3v) is 11.4. The molecule has 4 heteroatoms. The minimum atomic E-state index is 0.901. The molecule has 10 aromatic rings. The van der Waals surface area contributed by atoms with Crippen LogP contribution in [0.3, 0.4) is 0 Å². The Morgan fingerprint density at radius 1 is 0.435 bits per heavy atom. The third kappa shape index (κ3) is 3.94.